The number of aryl methyl sites for hydroxylation is 1. The van der Waals surface area contributed by atoms with Gasteiger partial charge < -0.3 is 19.5 Å². The Morgan fingerprint density at radius 2 is 2.00 bits per heavy atom. The van der Waals surface area contributed by atoms with Crippen LogP contribution in [0.2, 0.25) is 0 Å². The van der Waals surface area contributed by atoms with Crippen LogP contribution in [0.25, 0.3) is 10.9 Å². The van der Waals surface area contributed by atoms with Crippen molar-refractivity contribution in [2.45, 2.75) is 18.9 Å². The Balaban J connectivity index is 1.58. The second kappa shape index (κ2) is 6.19. The molecule has 1 aromatic heterocycles. The van der Waals surface area contributed by atoms with Crippen molar-refractivity contribution in [2.24, 2.45) is 13.0 Å². The van der Waals surface area contributed by atoms with E-state index in [4.69, 9.17) is 4.74 Å². The summed E-state index contributed by atoms with van der Waals surface area (Å²) in [6, 6.07) is 5.65. The molecule has 132 valence electrons. The Bertz CT molecular complexity index is 834. The zero-order valence-corrected chi connectivity index (χ0v) is 14.6. The molecule has 25 heavy (non-hydrogen) atoms. The molecule has 0 spiro atoms. The minimum Gasteiger partial charge on any atom is -0.497 e. The van der Waals surface area contributed by atoms with Crippen LogP contribution in [0.1, 0.15) is 23.2 Å². The van der Waals surface area contributed by atoms with E-state index in [9.17, 15) is 9.59 Å². The number of fused-ring (bicyclic) bond motifs is 4. The summed E-state index contributed by atoms with van der Waals surface area (Å²) >= 11 is 0. The lowest BCUT2D eigenvalue weighted by molar-refractivity contribution is -0.119. The van der Waals surface area contributed by atoms with Crippen LogP contribution in [0.5, 0.6) is 5.75 Å². The Hall–Kier alpha value is -2.34. The molecule has 3 fully saturated rings. The minimum absolute atomic E-state index is 0.0865. The maximum atomic E-state index is 12.8. The minimum atomic E-state index is -0.505. The Morgan fingerprint density at radius 3 is 2.64 bits per heavy atom. The molecule has 0 radical (unpaired) electrons. The molecule has 5 rings (SSSR count). The molecule has 0 aliphatic carbocycles. The number of rotatable bonds is 4. The van der Waals surface area contributed by atoms with Crippen molar-refractivity contribution in [1.82, 2.24) is 14.8 Å². The fraction of sp³-hybridized carbons (Fsp3) is 0.474. The summed E-state index contributed by atoms with van der Waals surface area (Å²) in [5, 5.41) is 3.73. The second-order valence-electron chi connectivity index (χ2n) is 7.08. The van der Waals surface area contributed by atoms with Crippen molar-refractivity contribution in [1.29, 1.82) is 0 Å². The van der Waals surface area contributed by atoms with E-state index in [1.165, 1.54) is 0 Å². The SMILES string of the molecule is COc1ccc2c(c1)c(C(=O)C(=O)N[C@@H]1CN3CCC1CC3)cn2C. The molecular formula is C19H23N3O3. The van der Waals surface area contributed by atoms with E-state index in [1.54, 1.807) is 13.3 Å². The largest absolute Gasteiger partial charge is 0.497 e. The maximum Gasteiger partial charge on any atom is 0.292 e. The highest BCUT2D eigenvalue weighted by molar-refractivity contribution is 6.45. The van der Waals surface area contributed by atoms with Crippen molar-refractivity contribution in [2.75, 3.05) is 26.7 Å². The second-order valence-corrected chi connectivity index (χ2v) is 7.08. The third kappa shape index (κ3) is 2.80. The molecule has 0 unspecified atom stereocenters. The van der Waals surface area contributed by atoms with Crippen LogP contribution in [0.15, 0.2) is 24.4 Å². The number of Topliss-reactive ketones (excluding diaryl/α,β-unsaturated/α-hetero) is 1. The average Bonchev–Trinajstić information content (AvgIpc) is 2.98. The van der Waals surface area contributed by atoms with Gasteiger partial charge in [-0.25, -0.2) is 0 Å². The first-order chi connectivity index (χ1) is 12.1. The number of hydrogen-bond acceptors (Lipinski definition) is 4. The van der Waals surface area contributed by atoms with Gasteiger partial charge in [-0.2, -0.15) is 0 Å². The highest BCUT2D eigenvalue weighted by Gasteiger charge is 2.36. The highest BCUT2D eigenvalue weighted by atomic mass is 16.5. The van der Waals surface area contributed by atoms with Crippen LogP contribution in [0.4, 0.5) is 0 Å². The summed E-state index contributed by atoms with van der Waals surface area (Å²) in [5.41, 5.74) is 1.33. The Labute approximate surface area is 146 Å². The molecule has 1 atom stereocenters. The molecule has 3 aliphatic heterocycles. The molecule has 1 amide bonds. The summed E-state index contributed by atoms with van der Waals surface area (Å²) < 4.78 is 7.12. The number of piperidine rings is 3. The molecule has 3 aliphatic rings. The molecule has 0 saturated carbocycles. The quantitative estimate of drug-likeness (QED) is 0.677. The Kier molecular flexibility index (Phi) is 4.00. The van der Waals surface area contributed by atoms with Gasteiger partial charge in [0.1, 0.15) is 5.75 Å². The summed E-state index contributed by atoms with van der Waals surface area (Å²) in [6.45, 7) is 3.06. The number of methoxy groups -OCH3 is 1. The van der Waals surface area contributed by atoms with Gasteiger partial charge in [-0.3, -0.25) is 9.59 Å². The molecule has 1 aromatic carbocycles. The predicted molar refractivity (Wildman–Crippen MR) is 94.9 cm³/mol. The molecule has 2 bridgehead atoms. The fourth-order valence-corrected chi connectivity index (χ4v) is 4.16. The van der Waals surface area contributed by atoms with Gasteiger partial charge in [0.15, 0.2) is 0 Å². The molecule has 6 nitrogen and oxygen atoms in total. The number of nitrogens with zero attached hydrogens (tertiary/aromatic N) is 2. The number of aromatic nitrogens is 1. The van der Waals surface area contributed by atoms with Gasteiger partial charge >= 0.3 is 0 Å². The highest BCUT2D eigenvalue weighted by Crippen LogP contribution is 2.28. The van der Waals surface area contributed by atoms with Gasteiger partial charge in [-0.15, -0.1) is 0 Å². The van der Waals surface area contributed by atoms with Gasteiger partial charge in [-0.1, -0.05) is 0 Å². The number of benzene rings is 1. The Morgan fingerprint density at radius 1 is 1.24 bits per heavy atom. The van der Waals surface area contributed by atoms with Gasteiger partial charge in [-0.05, 0) is 50.0 Å². The summed E-state index contributed by atoms with van der Waals surface area (Å²) in [4.78, 5) is 27.7. The molecule has 4 heterocycles. The van der Waals surface area contributed by atoms with E-state index >= 15 is 0 Å². The zero-order valence-electron chi connectivity index (χ0n) is 14.6. The van der Waals surface area contributed by atoms with Crippen LogP contribution >= 0.6 is 0 Å². The van der Waals surface area contributed by atoms with E-state index in [-0.39, 0.29) is 6.04 Å². The molecule has 6 heteroatoms. The predicted octanol–water partition coefficient (Wildman–Crippen LogP) is 1.58. The van der Waals surface area contributed by atoms with Crippen molar-refractivity contribution >= 4 is 22.6 Å². The van der Waals surface area contributed by atoms with Crippen LogP contribution in [0, 0.1) is 5.92 Å². The molecule has 1 N–H and O–H groups in total. The van der Waals surface area contributed by atoms with Crippen molar-refractivity contribution in [3.63, 3.8) is 0 Å². The first-order valence-electron chi connectivity index (χ1n) is 8.77. The van der Waals surface area contributed by atoms with Gasteiger partial charge in [0.25, 0.3) is 11.7 Å². The number of ketones is 1. The number of nitrogens with one attached hydrogen (secondary N) is 1. The van der Waals surface area contributed by atoms with E-state index in [1.807, 2.05) is 29.8 Å². The van der Waals surface area contributed by atoms with Crippen molar-refractivity contribution in [3.05, 3.63) is 30.0 Å². The van der Waals surface area contributed by atoms with Gasteiger partial charge in [0.05, 0.1) is 12.7 Å². The third-order valence-electron chi connectivity index (χ3n) is 5.62. The number of carbonyl (C=O) groups is 2. The van der Waals surface area contributed by atoms with Crippen LogP contribution in [-0.2, 0) is 11.8 Å². The topological polar surface area (TPSA) is 63.6 Å². The van der Waals surface area contributed by atoms with Crippen LogP contribution in [0.3, 0.4) is 0 Å². The lowest BCUT2D eigenvalue weighted by Crippen LogP contribution is -2.58. The number of carbonyl (C=O) groups excluding carboxylic acids is 2. The van der Waals surface area contributed by atoms with Crippen LogP contribution < -0.4 is 10.1 Å². The maximum absolute atomic E-state index is 12.8. The lowest BCUT2D eigenvalue weighted by Gasteiger charge is -2.44. The normalized spacial score (nSPS) is 25.1. The van der Waals surface area contributed by atoms with Gasteiger partial charge in [0, 0.05) is 36.7 Å². The monoisotopic (exact) mass is 341 g/mol. The standard InChI is InChI=1S/C19H23N3O3/c1-21-10-15(14-9-13(25-2)3-4-17(14)21)18(23)19(24)20-16-11-22-7-5-12(16)6-8-22/h3-4,9-10,12,16H,5-8,11H2,1-2H3,(H,20,24)/t16-/m1/s1. The number of hydrogen-bond donors (Lipinski definition) is 1. The van der Waals surface area contributed by atoms with Crippen molar-refractivity contribution < 1.29 is 14.3 Å². The van der Waals surface area contributed by atoms with Crippen LogP contribution in [-0.4, -0.2) is 53.9 Å². The third-order valence-corrected chi connectivity index (χ3v) is 5.62. The summed E-state index contributed by atoms with van der Waals surface area (Å²) in [6.07, 6.45) is 3.93. The summed E-state index contributed by atoms with van der Waals surface area (Å²) in [7, 11) is 3.46. The number of amides is 1. The van der Waals surface area contributed by atoms with E-state index in [2.05, 4.69) is 10.2 Å². The number of ether oxygens (including phenoxy) is 1. The first kappa shape index (κ1) is 16.1. The fourth-order valence-electron chi connectivity index (χ4n) is 4.16. The molecule has 3 saturated heterocycles. The summed E-state index contributed by atoms with van der Waals surface area (Å²) in [5.74, 6) is 0.185. The molecular weight excluding hydrogens is 318 g/mol. The lowest BCUT2D eigenvalue weighted by atomic mass is 9.84. The first-order valence-corrected chi connectivity index (χ1v) is 8.77. The zero-order chi connectivity index (χ0) is 17.6. The van der Waals surface area contributed by atoms with E-state index in [0.29, 0.717) is 17.2 Å². The smallest absolute Gasteiger partial charge is 0.292 e. The average molecular weight is 341 g/mol. The van der Waals surface area contributed by atoms with Gasteiger partial charge in [0.2, 0.25) is 0 Å². The van der Waals surface area contributed by atoms with E-state index in [0.717, 1.165) is 43.4 Å². The molecule has 2 aromatic rings. The van der Waals surface area contributed by atoms with E-state index < -0.39 is 11.7 Å². The van der Waals surface area contributed by atoms with Crippen molar-refractivity contribution in [3.8, 4) is 5.75 Å².